The van der Waals surface area contributed by atoms with Crippen molar-refractivity contribution in [2.75, 3.05) is 12.4 Å². The molecule has 1 atom stereocenters. The van der Waals surface area contributed by atoms with Gasteiger partial charge in [-0.25, -0.2) is 4.39 Å². The van der Waals surface area contributed by atoms with Gasteiger partial charge in [0.15, 0.2) is 11.6 Å². The third-order valence-corrected chi connectivity index (χ3v) is 3.57. The fraction of sp³-hybridized carbons (Fsp3) is 0.294. The molecule has 0 heterocycles. The normalized spacial score (nSPS) is 12.1. The third-order valence-electron chi connectivity index (χ3n) is 3.57. The van der Waals surface area contributed by atoms with Gasteiger partial charge in [0.25, 0.3) is 0 Å². The Morgan fingerprint density at radius 3 is 2.45 bits per heavy atom. The van der Waals surface area contributed by atoms with Gasteiger partial charge in [-0.05, 0) is 49.6 Å². The SMILES string of the molecule is COc1cc(NC(C)c2ccc(C)c(C)c2)ccc1F. The number of anilines is 1. The molecule has 0 aromatic heterocycles. The predicted molar refractivity (Wildman–Crippen MR) is 80.9 cm³/mol. The third kappa shape index (κ3) is 3.10. The maximum atomic E-state index is 13.4. The van der Waals surface area contributed by atoms with E-state index in [1.54, 1.807) is 12.1 Å². The molecule has 0 saturated heterocycles. The summed E-state index contributed by atoms with van der Waals surface area (Å²) in [7, 11) is 1.47. The lowest BCUT2D eigenvalue weighted by molar-refractivity contribution is 0.387. The van der Waals surface area contributed by atoms with Crippen LogP contribution in [0.2, 0.25) is 0 Å². The summed E-state index contributed by atoms with van der Waals surface area (Å²) in [4.78, 5) is 0. The second-order valence-electron chi connectivity index (χ2n) is 5.06. The number of ether oxygens (including phenoxy) is 1. The summed E-state index contributed by atoms with van der Waals surface area (Å²) in [6, 6.07) is 11.4. The Balaban J connectivity index is 2.18. The molecular weight excluding hydrogens is 253 g/mol. The van der Waals surface area contributed by atoms with Gasteiger partial charge in [-0.15, -0.1) is 0 Å². The highest BCUT2D eigenvalue weighted by Gasteiger charge is 2.09. The van der Waals surface area contributed by atoms with Crippen molar-refractivity contribution in [2.24, 2.45) is 0 Å². The zero-order chi connectivity index (χ0) is 14.7. The fourth-order valence-electron chi connectivity index (χ4n) is 2.12. The smallest absolute Gasteiger partial charge is 0.165 e. The van der Waals surface area contributed by atoms with Gasteiger partial charge in [0.2, 0.25) is 0 Å². The maximum Gasteiger partial charge on any atom is 0.165 e. The first-order valence-electron chi connectivity index (χ1n) is 6.68. The van der Waals surface area contributed by atoms with E-state index in [4.69, 9.17) is 4.74 Å². The van der Waals surface area contributed by atoms with Gasteiger partial charge in [0, 0.05) is 17.8 Å². The quantitative estimate of drug-likeness (QED) is 0.877. The highest BCUT2D eigenvalue weighted by molar-refractivity contribution is 5.50. The van der Waals surface area contributed by atoms with Crippen molar-refractivity contribution in [1.29, 1.82) is 0 Å². The van der Waals surface area contributed by atoms with E-state index < -0.39 is 0 Å². The van der Waals surface area contributed by atoms with Crippen LogP contribution >= 0.6 is 0 Å². The molecule has 0 amide bonds. The number of hydrogen-bond donors (Lipinski definition) is 1. The van der Waals surface area contributed by atoms with Crippen molar-refractivity contribution in [1.82, 2.24) is 0 Å². The molecule has 1 N–H and O–H groups in total. The Morgan fingerprint density at radius 1 is 1.05 bits per heavy atom. The van der Waals surface area contributed by atoms with Crippen LogP contribution in [-0.4, -0.2) is 7.11 Å². The Morgan fingerprint density at radius 2 is 1.80 bits per heavy atom. The van der Waals surface area contributed by atoms with Crippen molar-refractivity contribution in [3.8, 4) is 5.75 Å². The lowest BCUT2D eigenvalue weighted by atomic mass is 10.0. The summed E-state index contributed by atoms with van der Waals surface area (Å²) in [6.45, 7) is 6.29. The second kappa shape index (κ2) is 5.95. The number of hydrogen-bond acceptors (Lipinski definition) is 2. The van der Waals surface area contributed by atoms with Crippen LogP contribution in [0.15, 0.2) is 36.4 Å². The predicted octanol–water partition coefficient (Wildman–Crippen LogP) is 4.62. The molecule has 0 aliphatic carbocycles. The minimum absolute atomic E-state index is 0.143. The highest BCUT2D eigenvalue weighted by Crippen LogP contribution is 2.25. The molecule has 0 saturated carbocycles. The van der Waals surface area contributed by atoms with Gasteiger partial charge >= 0.3 is 0 Å². The molecule has 20 heavy (non-hydrogen) atoms. The van der Waals surface area contributed by atoms with Gasteiger partial charge in [0.05, 0.1) is 7.11 Å². The standard InChI is InChI=1S/C17H20FNO/c1-11-5-6-14(9-12(11)2)13(3)19-15-7-8-16(18)17(10-15)20-4/h5-10,13,19H,1-4H3. The van der Waals surface area contributed by atoms with Crippen molar-refractivity contribution in [3.05, 3.63) is 58.9 Å². The Hall–Kier alpha value is -2.03. The van der Waals surface area contributed by atoms with Crippen molar-refractivity contribution in [2.45, 2.75) is 26.8 Å². The van der Waals surface area contributed by atoms with Gasteiger partial charge in [0.1, 0.15) is 0 Å². The Kier molecular flexibility index (Phi) is 4.28. The molecule has 2 aromatic rings. The first-order chi connectivity index (χ1) is 9.51. The first kappa shape index (κ1) is 14.4. The van der Waals surface area contributed by atoms with Crippen LogP contribution in [0.1, 0.15) is 29.7 Å². The maximum absolute atomic E-state index is 13.4. The van der Waals surface area contributed by atoms with Crippen LogP contribution in [0.4, 0.5) is 10.1 Å². The lowest BCUT2D eigenvalue weighted by Crippen LogP contribution is -2.07. The Labute approximate surface area is 119 Å². The molecule has 106 valence electrons. The highest BCUT2D eigenvalue weighted by atomic mass is 19.1. The zero-order valence-corrected chi connectivity index (χ0v) is 12.3. The molecule has 2 nitrogen and oxygen atoms in total. The summed E-state index contributed by atoms with van der Waals surface area (Å²) in [5, 5.41) is 3.36. The van der Waals surface area contributed by atoms with E-state index in [0.717, 1.165) is 5.69 Å². The number of benzene rings is 2. The average molecular weight is 273 g/mol. The van der Waals surface area contributed by atoms with E-state index in [9.17, 15) is 4.39 Å². The number of methoxy groups -OCH3 is 1. The minimum atomic E-state index is -0.350. The fourth-order valence-corrected chi connectivity index (χ4v) is 2.12. The average Bonchev–Trinajstić information content (AvgIpc) is 2.43. The number of halogens is 1. The minimum Gasteiger partial charge on any atom is -0.494 e. The summed E-state index contributed by atoms with van der Waals surface area (Å²) in [5.41, 5.74) is 4.60. The van der Waals surface area contributed by atoms with Crippen molar-refractivity contribution in [3.63, 3.8) is 0 Å². The van der Waals surface area contributed by atoms with E-state index in [0.29, 0.717) is 0 Å². The summed E-state index contributed by atoms with van der Waals surface area (Å²) in [6.07, 6.45) is 0. The summed E-state index contributed by atoms with van der Waals surface area (Å²) >= 11 is 0. The topological polar surface area (TPSA) is 21.3 Å². The van der Waals surface area contributed by atoms with Gasteiger partial charge in [-0.1, -0.05) is 18.2 Å². The van der Waals surface area contributed by atoms with Gasteiger partial charge in [-0.3, -0.25) is 0 Å². The molecule has 0 spiro atoms. The van der Waals surface area contributed by atoms with Crippen LogP contribution in [0.5, 0.6) is 5.75 Å². The molecule has 1 unspecified atom stereocenters. The largest absolute Gasteiger partial charge is 0.494 e. The van der Waals surface area contributed by atoms with E-state index in [1.165, 1.54) is 29.9 Å². The summed E-state index contributed by atoms with van der Waals surface area (Å²) < 4.78 is 18.4. The number of rotatable bonds is 4. The lowest BCUT2D eigenvalue weighted by Gasteiger charge is -2.17. The Bertz CT molecular complexity index is 610. The monoisotopic (exact) mass is 273 g/mol. The van der Waals surface area contributed by atoms with E-state index >= 15 is 0 Å². The molecule has 0 aliphatic heterocycles. The van der Waals surface area contributed by atoms with Crippen LogP contribution < -0.4 is 10.1 Å². The van der Waals surface area contributed by atoms with Gasteiger partial charge < -0.3 is 10.1 Å². The van der Waals surface area contributed by atoms with E-state index in [-0.39, 0.29) is 17.6 Å². The van der Waals surface area contributed by atoms with Crippen LogP contribution in [-0.2, 0) is 0 Å². The van der Waals surface area contributed by atoms with Gasteiger partial charge in [-0.2, -0.15) is 0 Å². The van der Waals surface area contributed by atoms with Crippen molar-refractivity contribution >= 4 is 5.69 Å². The molecule has 3 heteroatoms. The molecule has 0 aliphatic rings. The summed E-state index contributed by atoms with van der Waals surface area (Å²) in [5.74, 6) is -0.0980. The number of aryl methyl sites for hydroxylation is 2. The van der Waals surface area contributed by atoms with E-state index in [2.05, 4.69) is 44.3 Å². The van der Waals surface area contributed by atoms with Crippen molar-refractivity contribution < 1.29 is 9.13 Å². The van der Waals surface area contributed by atoms with Crippen LogP contribution in [0.3, 0.4) is 0 Å². The molecule has 2 aromatic carbocycles. The van der Waals surface area contributed by atoms with E-state index in [1.807, 2.05) is 0 Å². The molecule has 0 fully saturated rings. The second-order valence-corrected chi connectivity index (χ2v) is 5.06. The first-order valence-corrected chi connectivity index (χ1v) is 6.68. The number of nitrogens with one attached hydrogen (secondary N) is 1. The molecular formula is C17H20FNO. The molecule has 2 rings (SSSR count). The zero-order valence-electron chi connectivity index (χ0n) is 12.3. The van der Waals surface area contributed by atoms with Crippen LogP contribution in [0, 0.1) is 19.7 Å². The molecule has 0 radical (unpaired) electrons. The molecule has 0 bridgehead atoms. The van der Waals surface area contributed by atoms with Crippen LogP contribution in [0.25, 0.3) is 0 Å².